The van der Waals surface area contributed by atoms with E-state index in [2.05, 4.69) is 55.5 Å². The number of nitrogens with two attached hydrogens (primary N) is 1. The Morgan fingerprint density at radius 3 is 2.56 bits per heavy atom. The Morgan fingerprint density at radius 1 is 1.00 bits per heavy atom. The lowest BCUT2D eigenvalue weighted by molar-refractivity contribution is 0.174. The summed E-state index contributed by atoms with van der Waals surface area (Å²) in [5.41, 5.74) is 2.42. The minimum absolute atomic E-state index is 0.0123. The van der Waals surface area contributed by atoms with Gasteiger partial charge in [0, 0.05) is 22.1 Å². The molecule has 5 nitrogen and oxygen atoms in total. The molecule has 4 aromatic rings. The Hall–Kier alpha value is -2.87. The predicted molar refractivity (Wildman–Crippen MR) is 127 cm³/mol. The highest BCUT2D eigenvalue weighted by Gasteiger charge is 2.32. The predicted octanol–water partition coefficient (Wildman–Crippen LogP) is 5.22. The first-order valence-electron chi connectivity index (χ1n) is 10.4. The zero-order chi connectivity index (χ0) is 22.3. The van der Waals surface area contributed by atoms with Gasteiger partial charge in [-0.05, 0) is 47.7 Å². The average molecular weight is 466 g/mol. The second-order valence-electron chi connectivity index (χ2n) is 7.97. The fourth-order valence-electron chi connectivity index (χ4n) is 4.25. The Labute approximate surface area is 191 Å². The minimum atomic E-state index is -3.82. The number of primary sulfonamides is 1. The second-order valence-corrected chi connectivity index (χ2v) is 10.6. The Morgan fingerprint density at radius 2 is 1.78 bits per heavy atom. The Balaban J connectivity index is 1.59. The van der Waals surface area contributed by atoms with Gasteiger partial charge in [-0.15, -0.1) is 11.3 Å². The SMILES string of the molecule is Cc1ccccc1[C@H](c1cc2ccccc2s1)C1CCOc2cc(S(N)(=O)=O)ccc2O1. The molecule has 5 rings (SSSR count). The standard InChI is InChI=1S/C25H23NO4S2/c1-16-6-2-4-8-19(16)25(24-14-17-7-3-5-9-23(17)31-24)21-12-13-29-22-15-18(32(26,27)28)10-11-20(22)30-21/h2-11,14-15,21,25H,12-13H2,1H3,(H2,26,27,28)/t21?,25-/m0/s1. The van der Waals surface area contributed by atoms with Crippen molar-refractivity contribution >= 4 is 31.4 Å². The lowest BCUT2D eigenvalue weighted by Crippen LogP contribution is -2.27. The molecule has 1 aromatic heterocycles. The van der Waals surface area contributed by atoms with Crippen LogP contribution in [0.3, 0.4) is 0 Å². The summed E-state index contributed by atoms with van der Waals surface area (Å²) >= 11 is 1.78. The number of hydrogen-bond donors (Lipinski definition) is 1. The largest absolute Gasteiger partial charge is 0.490 e. The molecule has 0 fully saturated rings. The number of thiophene rings is 1. The topological polar surface area (TPSA) is 78.6 Å². The van der Waals surface area contributed by atoms with E-state index in [1.807, 2.05) is 6.07 Å². The summed E-state index contributed by atoms with van der Waals surface area (Å²) in [4.78, 5) is 1.24. The van der Waals surface area contributed by atoms with Crippen molar-refractivity contribution in [2.45, 2.75) is 30.3 Å². The van der Waals surface area contributed by atoms with Crippen molar-refractivity contribution < 1.29 is 17.9 Å². The van der Waals surface area contributed by atoms with Crippen molar-refractivity contribution in [1.82, 2.24) is 0 Å². The zero-order valence-electron chi connectivity index (χ0n) is 17.5. The maximum Gasteiger partial charge on any atom is 0.238 e. The Bertz CT molecular complexity index is 1360. The van der Waals surface area contributed by atoms with Crippen molar-refractivity contribution in [3.8, 4) is 11.5 Å². The number of sulfonamides is 1. The van der Waals surface area contributed by atoms with E-state index < -0.39 is 10.0 Å². The van der Waals surface area contributed by atoms with Gasteiger partial charge in [-0.1, -0.05) is 42.5 Å². The lowest BCUT2D eigenvalue weighted by Gasteiger charge is -2.27. The van der Waals surface area contributed by atoms with Gasteiger partial charge in [-0.25, -0.2) is 13.6 Å². The van der Waals surface area contributed by atoms with Crippen LogP contribution in [0, 0.1) is 6.92 Å². The van der Waals surface area contributed by atoms with E-state index in [0.717, 1.165) is 0 Å². The Kier molecular flexibility index (Phi) is 5.41. The fourth-order valence-corrected chi connectivity index (χ4v) is 6.01. The van der Waals surface area contributed by atoms with E-state index in [9.17, 15) is 8.42 Å². The van der Waals surface area contributed by atoms with Gasteiger partial charge in [0.15, 0.2) is 11.5 Å². The monoisotopic (exact) mass is 465 g/mol. The van der Waals surface area contributed by atoms with Crippen molar-refractivity contribution in [2.75, 3.05) is 6.61 Å². The molecule has 3 aromatic carbocycles. The van der Waals surface area contributed by atoms with Crippen LogP contribution in [0.4, 0.5) is 0 Å². The molecule has 0 aliphatic carbocycles. The van der Waals surface area contributed by atoms with Crippen LogP contribution in [-0.4, -0.2) is 21.1 Å². The van der Waals surface area contributed by atoms with E-state index in [4.69, 9.17) is 14.6 Å². The van der Waals surface area contributed by atoms with Crippen molar-refractivity contribution in [2.24, 2.45) is 5.14 Å². The van der Waals surface area contributed by atoms with Crippen molar-refractivity contribution in [1.29, 1.82) is 0 Å². The van der Waals surface area contributed by atoms with Gasteiger partial charge in [0.05, 0.1) is 17.4 Å². The molecule has 0 spiro atoms. The van der Waals surface area contributed by atoms with Gasteiger partial charge >= 0.3 is 0 Å². The molecule has 0 saturated heterocycles. The van der Waals surface area contributed by atoms with Crippen LogP contribution in [0.15, 0.2) is 77.7 Å². The first-order chi connectivity index (χ1) is 15.4. The number of benzene rings is 3. The van der Waals surface area contributed by atoms with E-state index in [1.54, 1.807) is 17.4 Å². The molecule has 164 valence electrons. The molecule has 0 radical (unpaired) electrons. The van der Waals surface area contributed by atoms with Crippen LogP contribution in [0.1, 0.15) is 28.3 Å². The quantitative estimate of drug-likeness (QED) is 0.448. The third-order valence-corrected chi connectivity index (χ3v) is 7.94. The number of aryl methyl sites for hydroxylation is 1. The normalized spacial score (nSPS) is 17.1. The number of rotatable bonds is 4. The number of hydrogen-bond acceptors (Lipinski definition) is 5. The van der Waals surface area contributed by atoms with E-state index in [0.29, 0.717) is 24.5 Å². The molecular weight excluding hydrogens is 442 g/mol. The maximum absolute atomic E-state index is 11.8. The van der Waals surface area contributed by atoms with E-state index in [1.165, 1.54) is 38.2 Å². The molecule has 1 aliphatic rings. The molecular formula is C25H23NO4S2. The third kappa shape index (κ3) is 3.99. The average Bonchev–Trinajstić information content (AvgIpc) is 3.07. The molecule has 0 amide bonds. The van der Waals surface area contributed by atoms with Gasteiger partial charge in [0.2, 0.25) is 10.0 Å². The summed E-state index contributed by atoms with van der Waals surface area (Å²) in [6, 6.07) is 23.5. The summed E-state index contributed by atoms with van der Waals surface area (Å²) in [5.74, 6) is 0.944. The fraction of sp³-hybridized carbons (Fsp3) is 0.200. The summed E-state index contributed by atoms with van der Waals surface area (Å²) in [6.45, 7) is 2.54. The van der Waals surface area contributed by atoms with Gasteiger partial charge in [0.1, 0.15) is 6.10 Å². The first-order valence-corrected chi connectivity index (χ1v) is 12.8. The molecule has 32 heavy (non-hydrogen) atoms. The summed E-state index contributed by atoms with van der Waals surface area (Å²) in [5, 5.41) is 6.50. The van der Waals surface area contributed by atoms with Crippen LogP contribution in [0.2, 0.25) is 0 Å². The summed E-state index contributed by atoms with van der Waals surface area (Å²) in [7, 11) is -3.82. The second kappa shape index (κ2) is 8.24. The molecule has 2 heterocycles. The zero-order valence-corrected chi connectivity index (χ0v) is 19.2. The van der Waals surface area contributed by atoms with Gasteiger partial charge in [0.25, 0.3) is 0 Å². The van der Waals surface area contributed by atoms with Crippen LogP contribution in [0.5, 0.6) is 11.5 Å². The molecule has 1 unspecified atom stereocenters. The van der Waals surface area contributed by atoms with Gasteiger partial charge in [-0.3, -0.25) is 0 Å². The molecule has 0 bridgehead atoms. The summed E-state index contributed by atoms with van der Waals surface area (Å²) < 4.78 is 37.1. The molecule has 1 aliphatic heterocycles. The van der Waals surface area contributed by atoms with Gasteiger partial charge in [-0.2, -0.15) is 0 Å². The van der Waals surface area contributed by atoms with E-state index >= 15 is 0 Å². The third-order valence-electron chi connectivity index (χ3n) is 5.83. The minimum Gasteiger partial charge on any atom is -0.490 e. The van der Waals surface area contributed by atoms with Crippen LogP contribution in [0.25, 0.3) is 10.1 Å². The van der Waals surface area contributed by atoms with Crippen LogP contribution < -0.4 is 14.6 Å². The molecule has 2 N–H and O–H groups in total. The van der Waals surface area contributed by atoms with E-state index in [-0.39, 0.29) is 16.9 Å². The van der Waals surface area contributed by atoms with Gasteiger partial charge < -0.3 is 9.47 Å². The van der Waals surface area contributed by atoms with Crippen LogP contribution >= 0.6 is 11.3 Å². The first kappa shape index (κ1) is 21.0. The highest BCUT2D eigenvalue weighted by Crippen LogP contribution is 2.42. The smallest absolute Gasteiger partial charge is 0.238 e. The lowest BCUT2D eigenvalue weighted by atomic mass is 9.87. The highest BCUT2D eigenvalue weighted by molar-refractivity contribution is 7.89. The van der Waals surface area contributed by atoms with Crippen LogP contribution in [-0.2, 0) is 10.0 Å². The molecule has 7 heteroatoms. The highest BCUT2D eigenvalue weighted by atomic mass is 32.2. The molecule has 0 saturated carbocycles. The maximum atomic E-state index is 11.8. The van der Waals surface area contributed by atoms with Crippen molar-refractivity contribution in [3.63, 3.8) is 0 Å². The summed E-state index contributed by atoms with van der Waals surface area (Å²) in [6.07, 6.45) is 0.484. The molecule has 2 atom stereocenters. The number of ether oxygens (including phenoxy) is 2. The van der Waals surface area contributed by atoms with Crippen molar-refractivity contribution in [3.05, 3.63) is 88.8 Å². The number of fused-ring (bicyclic) bond motifs is 2.